The number of carboxylic acid groups (broad SMARTS) is 1. The summed E-state index contributed by atoms with van der Waals surface area (Å²) in [6.07, 6.45) is -0.0735. The predicted molar refractivity (Wildman–Crippen MR) is 68.9 cm³/mol. The standard InChI is InChI=1S/C11H7Cl2NO2S/c12-6-1-2-7(8(13)3-6)9-5-17-10(14-9)4-11(15)16/h1-3,5H,4H2,(H,15,16). The fraction of sp³-hybridized carbons (Fsp3) is 0.0909. The van der Waals surface area contributed by atoms with Crippen molar-refractivity contribution in [3.63, 3.8) is 0 Å². The molecular weight excluding hydrogens is 281 g/mol. The van der Waals surface area contributed by atoms with Crippen LogP contribution in [0.2, 0.25) is 10.0 Å². The summed E-state index contributed by atoms with van der Waals surface area (Å²) in [4.78, 5) is 14.8. The second-order valence-corrected chi connectivity index (χ2v) is 5.11. The van der Waals surface area contributed by atoms with E-state index in [-0.39, 0.29) is 6.42 Å². The van der Waals surface area contributed by atoms with Crippen molar-refractivity contribution in [3.8, 4) is 11.3 Å². The van der Waals surface area contributed by atoms with E-state index in [9.17, 15) is 4.79 Å². The van der Waals surface area contributed by atoms with Gasteiger partial charge in [-0.05, 0) is 18.2 Å². The Balaban J connectivity index is 2.33. The van der Waals surface area contributed by atoms with E-state index in [4.69, 9.17) is 28.3 Å². The Morgan fingerprint density at radius 3 is 2.82 bits per heavy atom. The van der Waals surface area contributed by atoms with Crippen molar-refractivity contribution < 1.29 is 9.90 Å². The van der Waals surface area contributed by atoms with E-state index in [1.165, 1.54) is 11.3 Å². The zero-order valence-electron chi connectivity index (χ0n) is 8.48. The number of carbonyl (C=O) groups is 1. The van der Waals surface area contributed by atoms with Gasteiger partial charge in [-0.1, -0.05) is 23.2 Å². The van der Waals surface area contributed by atoms with E-state index >= 15 is 0 Å². The summed E-state index contributed by atoms with van der Waals surface area (Å²) in [6.45, 7) is 0. The van der Waals surface area contributed by atoms with Crippen molar-refractivity contribution in [3.05, 3.63) is 38.6 Å². The zero-order valence-corrected chi connectivity index (χ0v) is 10.8. The largest absolute Gasteiger partial charge is 0.481 e. The van der Waals surface area contributed by atoms with E-state index in [1.807, 2.05) is 0 Å². The van der Waals surface area contributed by atoms with Gasteiger partial charge in [0.05, 0.1) is 17.1 Å². The minimum atomic E-state index is -0.895. The second-order valence-electron chi connectivity index (χ2n) is 3.32. The van der Waals surface area contributed by atoms with Crippen LogP contribution in [0.4, 0.5) is 0 Å². The summed E-state index contributed by atoms with van der Waals surface area (Å²) in [7, 11) is 0. The van der Waals surface area contributed by atoms with Crippen molar-refractivity contribution in [2.75, 3.05) is 0 Å². The van der Waals surface area contributed by atoms with Gasteiger partial charge < -0.3 is 5.11 Å². The van der Waals surface area contributed by atoms with Gasteiger partial charge in [0.2, 0.25) is 0 Å². The lowest BCUT2D eigenvalue weighted by Gasteiger charge is -2.00. The number of rotatable bonds is 3. The number of halogens is 2. The quantitative estimate of drug-likeness (QED) is 0.935. The summed E-state index contributed by atoms with van der Waals surface area (Å²) in [5.41, 5.74) is 1.43. The molecule has 0 bridgehead atoms. The molecule has 6 heteroatoms. The fourth-order valence-corrected chi connectivity index (χ4v) is 2.63. The van der Waals surface area contributed by atoms with Crippen LogP contribution in [0, 0.1) is 0 Å². The molecule has 88 valence electrons. The SMILES string of the molecule is O=C(O)Cc1nc(-c2ccc(Cl)cc2Cl)cs1. The molecule has 1 aromatic carbocycles. The molecule has 0 aliphatic heterocycles. The molecule has 0 aliphatic rings. The molecule has 17 heavy (non-hydrogen) atoms. The van der Waals surface area contributed by atoms with Gasteiger partial charge in [0, 0.05) is 16.0 Å². The van der Waals surface area contributed by atoms with Gasteiger partial charge in [0.15, 0.2) is 0 Å². The Hall–Kier alpha value is -1.10. The maximum absolute atomic E-state index is 10.5. The Bertz CT molecular complexity index is 568. The molecule has 0 amide bonds. The zero-order chi connectivity index (χ0) is 12.4. The molecule has 0 fully saturated rings. The van der Waals surface area contributed by atoms with Crippen LogP contribution in [-0.4, -0.2) is 16.1 Å². The summed E-state index contributed by atoms with van der Waals surface area (Å²) in [5.74, 6) is -0.895. The number of hydrogen-bond donors (Lipinski definition) is 1. The van der Waals surface area contributed by atoms with Gasteiger partial charge in [-0.2, -0.15) is 0 Å². The molecule has 2 aromatic rings. The van der Waals surface area contributed by atoms with Crippen LogP contribution in [0.5, 0.6) is 0 Å². The lowest BCUT2D eigenvalue weighted by atomic mass is 10.2. The first-order valence-electron chi connectivity index (χ1n) is 4.68. The number of aromatic nitrogens is 1. The van der Waals surface area contributed by atoms with Crippen LogP contribution >= 0.6 is 34.5 Å². The topological polar surface area (TPSA) is 50.2 Å². The minimum Gasteiger partial charge on any atom is -0.481 e. The number of benzene rings is 1. The van der Waals surface area contributed by atoms with Crippen molar-refractivity contribution >= 4 is 40.5 Å². The molecular formula is C11H7Cl2NO2S. The van der Waals surface area contributed by atoms with E-state index in [2.05, 4.69) is 4.98 Å². The number of hydrogen-bond acceptors (Lipinski definition) is 3. The Labute approximate surface area is 112 Å². The smallest absolute Gasteiger partial charge is 0.310 e. The van der Waals surface area contributed by atoms with Crippen LogP contribution in [-0.2, 0) is 11.2 Å². The van der Waals surface area contributed by atoms with Gasteiger partial charge in [-0.3, -0.25) is 4.79 Å². The minimum absolute atomic E-state index is 0.0735. The third kappa shape index (κ3) is 2.97. The van der Waals surface area contributed by atoms with Crippen molar-refractivity contribution in [1.82, 2.24) is 4.98 Å². The highest BCUT2D eigenvalue weighted by atomic mass is 35.5. The molecule has 1 heterocycles. The van der Waals surface area contributed by atoms with Gasteiger partial charge >= 0.3 is 5.97 Å². The Morgan fingerprint density at radius 2 is 2.18 bits per heavy atom. The van der Waals surface area contributed by atoms with Crippen LogP contribution in [0.1, 0.15) is 5.01 Å². The third-order valence-corrected chi connectivity index (χ3v) is 3.46. The molecule has 1 aromatic heterocycles. The first-order chi connectivity index (χ1) is 8.06. The van der Waals surface area contributed by atoms with Gasteiger partial charge in [0.25, 0.3) is 0 Å². The maximum Gasteiger partial charge on any atom is 0.310 e. The Kier molecular flexibility index (Phi) is 3.66. The lowest BCUT2D eigenvalue weighted by Crippen LogP contribution is -1.99. The fourth-order valence-electron chi connectivity index (χ4n) is 1.34. The molecule has 0 spiro atoms. The highest BCUT2D eigenvalue weighted by molar-refractivity contribution is 7.10. The molecule has 0 saturated heterocycles. The summed E-state index contributed by atoms with van der Waals surface area (Å²) in [6, 6.07) is 5.12. The van der Waals surface area contributed by atoms with E-state index in [0.717, 1.165) is 5.56 Å². The molecule has 0 radical (unpaired) electrons. The summed E-state index contributed by atoms with van der Waals surface area (Å²) >= 11 is 13.1. The average Bonchev–Trinajstić information content (AvgIpc) is 2.65. The second kappa shape index (κ2) is 5.04. The first-order valence-corrected chi connectivity index (χ1v) is 6.31. The lowest BCUT2D eigenvalue weighted by molar-refractivity contribution is -0.136. The molecule has 0 saturated carbocycles. The van der Waals surface area contributed by atoms with Gasteiger partial charge in [0.1, 0.15) is 5.01 Å². The average molecular weight is 288 g/mol. The van der Waals surface area contributed by atoms with Gasteiger partial charge in [-0.25, -0.2) is 4.98 Å². The number of carboxylic acids is 1. The van der Waals surface area contributed by atoms with Crippen molar-refractivity contribution in [2.45, 2.75) is 6.42 Å². The molecule has 0 atom stereocenters. The van der Waals surface area contributed by atoms with E-state index in [0.29, 0.717) is 20.7 Å². The van der Waals surface area contributed by atoms with Crippen molar-refractivity contribution in [2.24, 2.45) is 0 Å². The molecule has 0 unspecified atom stereocenters. The van der Waals surface area contributed by atoms with E-state index < -0.39 is 5.97 Å². The Morgan fingerprint density at radius 1 is 1.41 bits per heavy atom. The number of aliphatic carboxylic acids is 1. The van der Waals surface area contributed by atoms with Crippen LogP contribution in [0.15, 0.2) is 23.6 Å². The summed E-state index contributed by atoms with van der Waals surface area (Å²) < 4.78 is 0. The number of nitrogens with zero attached hydrogens (tertiary/aromatic N) is 1. The maximum atomic E-state index is 10.5. The molecule has 1 N–H and O–H groups in total. The molecule has 3 nitrogen and oxygen atoms in total. The van der Waals surface area contributed by atoms with Crippen LogP contribution in [0.25, 0.3) is 11.3 Å². The summed E-state index contributed by atoms with van der Waals surface area (Å²) in [5, 5.41) is 12.1. The number of thiazole rings is 1. The molecule has 0 aliphatic carbocycles. The molecule has 2 rings (SSSR count). The van der Waals surface area contributed by atoms with E-state index in [1.54, 1.807) is 23.6 Å². The monoisotopic (exact) mass is 287 g/mol. The highest BCUT2D eigenvalue weighted by Crippen LogP contribution is 2.31. The first kappa shape index (κ1) is 12.4. The predicted octanol–water partition coefficient (Wildman–Crippen LogP) is 3.74. The van der Waals surface area contributed by atoms with Crippen LogP contribution in [0.3, 0.4) is 0 Å². The van der Waals surface area contributed by atoms with Crippen molar-refractivity contribution in [1.29, 1.82) is 0 Å². The third-order valence-electron chi connectivity index (χ3n) is 2.06. The normalized spacial score (nSPS) is 10.5. The van der Waals surface area contributed by atoms with Crippen LogP contribution < -0.4 is 0 Å². The van der Waals surface area contributed by atoms with Gasteiger partial charge in [-0.15, -0.1) is 11.3 Å². The highest BCUT2D eigenvalue weighted by Gasteiger charge is 2.10.